The van der Waals surface area contributed by atoms with Crippen LogP contribution in [0.1, 0.15) is 53.9 Å². The normalized spacial score (nSPS) is 26.7. The second-order valence-corrected chi connectivity index (χ2v) is 6.96. The van der Waals surface area contributed by atoms with Gasteiger partial charge in [0.15, 0.2) is 0 Å². The van der Waals surface area contributed by atoms with Crippen molar-refractivity contribution < 1.29 is 4.79 Å². The van der Waals surface area contributed by atoms with Gasteiger partial charge in [0.25, 0.3) is 0 Å². The first-order valence-electron chi connectivity index (χ1n) is 7.30. The molecule has 1 aliphatic rings. The molecule has 1 heterocycles. The molecule has 0 spiro atoms. The molecule has 0 aromatic carbocycles. The smallest absolute Gasteiger partial charge is 0.220 e. The summed E-state index contributed by atoms with van der Waals surface area (Å²) in [6, 6.07) is 0.452. The van der Waals surface area contributed by atoms with Crippen LogP contribution >= 0.6 is 0 Å². The van der Waals surface area contributed by atoms with E-state index in [1.807, 2.05) is 0 Å². The van der Waals surface area contributed by atoms with Gasteiger partial charge >= 0.3 is 0 Å². The third kappa shape index (κ3) is 4.97. The molecular formula is C15H30N2O. The van der Waals surface area contributed by atoms with Crippen molar-refractivity contribution in [2.24, 2.45) is 17.3 Å². The van der Waals surface area contributed by atoms with Crippen molar-refractivity contribution in [1.29, 1.82) is 0 Å². The van der Waals surface area contributed by atoms with E-state index in [0.29, 0.717) is 24.3 Å². The average Bonchev–Trinajstić information content (AvgIpc) is 2.26. The summed E-state index contributed by atoms with van der Waals surface area (Å²) < 4.78 is 0. The highest BCUT2D eigenvalue weighted by Crippen LogP contribution is 2.27. The molecule has 0 saturated carbocycles. The monoisotopic (exact) mass is 254 g/mol. The largest absolute Gasteiger partial charge is 0.355 e. The lowest BCUT2D eigenvalue weighted by Gasteiger charge is -2.31. The van der Waals surface area contributed by atoms with Crippen molar-refractivity contribution >= 4 is 5.91 Å². The predicted octanol–water partition coefficient (Wildman–Crippen LogP) is 2.56. The fourth-order valence-electron chi connectivity index (χ4n) is 2.27. The number of carbonyl (C=O) groups is 1. The molecule has 18 heavy (non-hydrogen) atoms. The molecule has 3 nitrogen and oxygen atoms in total. The molecule has 0 bridgehead atoms. The predicted molar refractivity (Wildman–Crippen MR) is 76.4 cm³/mol. The van der Waals surface area contributed by atoms with E-state index in [0.717, 1.165) is 13.1 Å². The zero-order valence-corrected chi connectivity index (χ0v) is 12.7. The van der Waals surface area contributed by atoms with Crippen LogP contribution in [0.25, 0.3) is 0 Å². The Balaban J connectivity index is 2.28. The van der Waals surface area contributed by atoms with Crippen LogP contribution in [0.15, 0.2) is 0 Å². The molecular weight excluding hydrogens is 224 g/mol. The van der Waals surface area contributed by atoms with Crippen molar-refractivity contribution in [3.63, 3.8) is 0 Å². The number of piperidine rings is 1. The maximum atomic E-state index is 11.9. The van der Waals surface area contributed by atoms with Crippen LogP contribution < -0.4 is 10.6 Å². The first-order valence-corrected chi connectivity index (χ1v) is 7.30. The summed E-state index contributed by atoms with van der Waals surface area (Å²) in [5.41, 5.74) is 0.202. The maximum absolute atomic E-state index is 11.9. The Kier molecular flexibility index (Phi) is 5.64. The minimum absolute atomic E-state index is 0.192. The number of hydrogen-bond acceptors (Lipinski definition) is 2. The summed E-state index contributed by atoms with van der Waals surface area (Å²) in [6.07, 6.45) is 3.16. The summed E-state index contributed by atoms with van der Waals surface area (Å²) >= 11 is 0. The van der Waals surface area contributed by atoms with Gasteiger partial charge in [-0.3, -0.25) is 4.79 Å². The van der Waals surface area contributed by atoms with Crippen molar-refractivity contribution in [1.82, 2.24) is 10.6 Å². The molecule has 3 unspecified atom stereocenters. The van der Waals surface area contributed by atoms with Crippen molar-refractivity contribution in [2.45, 2.75) is 59.9 Å². The zero-order valence-electron chi connectivity index (χ0n) is 12.7. The van der Waals surface area contributed by atoms with Crippen LogP contribution in [0.4, 0.5) is 0 Å². The van der Waals surface area contributed by atoms with E-state index in [9.17, 15) is 4.79 Å². The number of rotatable bonds is 4. The van der Waals surface area contributed by atoms with E-state index < -0.39 is 0 Å². The molecule has 106 valence electrons. The van der Waals surface area contributed by atoms with E-state index in [4.69, 9.17) is 0 Å². The Labute approximate surface area is 112 Å². The third-order valence-electron chi connectivity index (χ3n) is 4.42. The van der Waals surface area contributed by atoms with Gasteiger partial charge in [-0.15, -0.1) is 0 Å². The average molecular weight is 254 g/mol. The van der Waals surface area contributed by atoms with Gasteiger partial charge in [0.1, 0.15) is 0 Å². The SMILES string of the molecule is CC1CCCNC1CNC(=O)CC(C)C(C)(C)C. The van der Waals surface area contributed by atoms with E-state index in [1.54, 1.807) is 0 Å². The second-order valence-electron chi connectivity index (χ2n) is 6.96. The Bertz CT molecular complexity index is 270. The van der Waals surface area contributed by atoms with E-state index >= 15 is 0 Å². The van der Waals surface area contributed by atoms with Gasteiger partial charge in [0, 0.05) is 19.0 Å². The lowest BCUT2D eigenvalue weighted by atomic mass is 9.80. The van der Waals surface area contributed by atoms with Gasteiger partial charge in [-0.2, -0.15) is 0 Å². The number of hydrogen-bond donors (Lipinski definition) is 2. The van der Waals surface area contributed by atoms with Crippen LogP contribution in [-0.4, -0.2) is 25.0 Å². The summed E-state index contributed by atoms with van der Waals surface area (Å²) in [7, 11) is 0. The van der Waals surface area contributed by atoms with E-state index in [2.05, 4.69) is 45.3 Å². The summed E-state index contributed by atoms with van der Waals surface area (Å²) in [4.78, 5) is 11.9. The molecule has 3 atom stereocenters. The molecule has 0 aliphatic carbocycles. The third-order valence-corrected chi connectivity index (χ3v) is 4.42. The Morgan fingerprint density at radius 2 is 2.11 bits per heavy atom. The molecule has 1 amide bonds. The highest BCUT2D eigenvalue weighted by molar-refractivity contribution is 5.76. The quantitative estimate of drug-likeness (QED) is 0.809. The fourth-order valence-corrected chi connectivity index (χ4v) is 2.27. The maximum Gasteiger partial charge on any atom is 0.220 e. The second kappa shape index (κ2) is 6.55. The van der Waals surface area contributed by atoms with Gasteiger partial charge in [0.2, 0.25) is 5.91 Å². The van der Waals surface area contributed by atoms with E-state index in [1.165, 1.54) is 12.8 Å². The van der Waals surface area contributed by atoms with E-state index in [-0.39, 0.29) is 11.3 Å². The van der Waals surface area contributed by atoms with Crippen LogP contribution in [0, 0.1) is 17.3 Å². The lowest BCUT2D eigenvalue weighted by molar-refractivity contribution is -0.122. The molecule has 1 saturated heterocycles. The van der Waals surface area contributed by atoms with Gasteiger partial charge in [0.05, 0.1) is 0 Å². The van der Waals surface area contributed by atoms with Crippen LogP contribution in [-0.2, 0) is 4.79 Å². The first kappa shape index (κ1) is 15.5. The Morgan fingerprint density at radius 3 is 2.67 bits per heavy atom. The molecule has 1 rings (SSSR count). The van der Waals surface area contributed by atoms with Gasteiger partial charge in [-0.1, -0.05) is 34.6 Å². The molecule has 1 aliphatic heterocycles. The molecule has 0 aromatic heterocycles. The summed E-state index contributed by atoms with van der Waals surface area (Å²) in [5.74, 6) is 1.27. The van der Waals surface area contributed by atoms with Gasteiger partial charge < -0.3 is 10.6 Å². The van der Waals surface area contributed by atoms with Gasteiger partial charge in [-0.05, 0) is 36.6 Å². The van der Waals surface area contributed by atoms with Crippen LogP contribution in [0.5, 0.6) is 0 Å². The number of nitrogens with one attached hydrogen (secondary N) is 2. The van der Waals surface area contributed by atoms with Crippen molar-refractivity contribution in [2.75, 3.05) is 13.1 Å². The highest BCUT2D eigenvalue weighted by Gasteiger charge is 2.24. The van der Waals surface area contributed by atoms with Crippen molar-refractivity contribution in [3.05, 3.63) is 0 Å². The zero-order chi connectivity index (χ0) is 13.8. The topological polar surface area (TPSA) is 41.1 Å². The lowest BCUT2D eigenvalue weighted by Crippen LogP contribution is -2.48. The first-order chi connectivity index (χ1) is 8.30. The minimum atomic E-state index is 0.192. The molecule has 0 radical (unpaired) electrons. The fraction of sp³-hybridized carbons (Fsp3) is 0.933. The summed E-state index contributed by atoms with van der Waals surface area (Å²) in [5, 5.41) is 6.58. The summed E-state index contributed by atoms with van der Waals surface area (Å²) in [6.45, 7) is 12.9. The minimum Gasteiger partial charge on any atom is -0.355 e. The van der Waals surface area contributed by atoms with Crippen molar-refractivity contribution in [3.8, 4) is 0 Å². The van der Waals surface area contributed by atoms with Crippen LogP contribution in [0.2, 0.25) is 0 Å². The molecule has 1 fully saturated rings. The number of amides is 1. The Hall–Kier alpha value is -0.570. The number of carbonyl (C=O) groups excluding carboxylic acids is 1. The molecule has 0 aromatic rings. The van der Waals surface area contributed by atoms with Crippen LogP contribution in [0.3, 0.4) is 0 Å². The molecule has 2 N–H and O–H groups in total. The highest BCUT2D eigenvalue weighted by atomic mass is 16.1. The molecule has 3 heteroatoms. The standard InChI is InChI=1S/C15H30N2O/c1-11-7-6-8-16-13(11)10-17-14(18)9-12(2)15(3,4)5/h11-13,16H,6-10H2,1-5H3,(H,17,18). The Morgan fingerprint density at radius 1 is 1.44 bits per heavy atom. The van der Waals surface area contributed by atoms with Gasteiger partial charge in [-0.25, -0.2) is 0 Å².